The number of rotatable bonds is 4. The molecule has 0 aromatic heterocycles. The van der Waals surface area contributed by atoms with E-state index in [2.05, 4.69) is 0 Å². The average molecular weight is 404 g/mol. The van der Waals surface area contributed by atoms with Gasteiger partial charge in [0.25, 0.3) is 0 Å². The maximum atomic E-state index is 12.5. The molecule has 2 fully saturated rings. The van der Waals surface area contributed by atoms with E-state index in [-0.39, 0.29) is 19.3 Å². The molecule has 2 N–H and O–H groups in total. The minimum Gasteiger partial charge on any atom is -0.204 e. The van der Waals surface area contributed by atoms with Crippen LogP contribution in [0.4, 0.5) is 26.3 Å². The van der Waals surface area contributed by atoms with Gasteiger partial charge in [-0.1, -0.05) is 12.8 Å². The quantitative estimate of drug-likeness (QED) is 0.696. The Morgan fingerprint density at radius 2 is 1.25 bits per heavy atom. The molecule has 3 atom stereocenters. The zero-order valence-electron chi connectivity index (χ0n) is 11.9. The van der Waals surface area contributed by atoms with Gasteiger partial charge in [-0.2, -0.15) is 26.3 Å². The Morgan fingerprint density at radius 1 is 0.792 bits per heavy atom. The van der Waals surface area contributed by atoms with Crippen LogP contribution in [0.2, 0.25) is 0 Å². The highest BCUT2D eigenvalue weighted by atomic mass is 32.2. The minimum atomic E-state index is -5.67. The van der Waals surface area contributed by atoms with Crippen LogP contribution in [-0.4, -0.2) is 39.9 Å². The second-order valence-corrected chi connectivity index (χ2v) is 9.33. The Kier molecular flexibility index (Phi) is 4.69. The van der Waals surface area contributed by atoms with Crippen LogP contribution >= 0.6 is 0 Å². The fourth-order valence-corrected chi connectivity index (χ4v) is 4.78. The summed E-state index contributed by atoms with van der Waals surface area (Å²) in [7, 11) is -11.3. The van der Waals surface area contributed by atoms with Gasteiger partial charge in [0.2, 0.25) is 0 Å². The molecule has 3 unspecified atom stereocenters. The first kappa shape index (κ1) is 19.7. The lowest BCUT2D eigenvalue weighted by molar-refractivity contribution is -0.0455. The van der Waals surface area contributed by atoms with Crippen molar-refractivity contribution in [1.29, 1.82) is 0 Å². The predicted octanol–water partition coefficient (Wildman–Crippen LogP) is 1.57. The number of alkyl halides is 6. The summed E-state index contributed by atoms with van der Waals surface area (Å²) in [5.41, 5.74) is -12.4. The molecule has 24 heavy (non-hydrogen) atoms. The standard InChI is InChI=1S/C10H14F6N2O4S2/c11-9(12,13)23(19,20)17-6-3-1-2-4-8(6)5-7(8)18-24(21,22)10(14,15)16/h6-7,17-18H,1-5H2. The number of halogens is 6. The lowest BCUT2D eigenvalue weighted by atomic mass is 9.81. The van der Waals surface area contributed by atoms with Crippen molar-refractivity contribution < 1.29 is 43.2 Å². The van der Waals surface area contributed by atoms with Crippen LogP contribution in [-0.2, 0) is 20.0 Å². The number of nitrogens with one attached hydrogen (secondary N) is 2. The van der Waals surface area contributed by atoms with Gasteiger partial charge in [-0.3, -0.25) is 0 Å². The Labute approximate surface area is 134 Å². The Hall–Kier alpha value is -0.600. The fraction of sp³-hybridized carbons (Fsp3) is 1.00. The normalized spacial score (nSPS) is 32.1. The number of hydrogen-bond donors (Lipinski definition) is 2. The average Bonchev–Trinajstić information content (AvgIpc) is 3.02. The molecule has 0 saturated heterocycles. The summed E-state index contributed by atoms with van der Waals surface area (Å²) >= 11 is 0. The van der Waals surface area contributed by atoms with Crippen molar-refractivity contribution in [2.45, 2.75) is 55.2 Å². The van der Waals surface area contributed by atoms with E-state index in [0.29, 0.717) is 12.8 Å². The highest BCUT2D eigenvalue weighted by Crippen LogP contribution is 2.57. The molecule has 0 aromatic carbocycles. The van der Waals surface area contributed by atoms with Crippen molar-refractivity contribution in [2.75, 3.05) is 0 Å². The van der Waals surface area contributed by atoms with Gasteiger partial charge in [0.05, 0.1) is 0 Å². The van der Waals surface area contributed by atoms with E-state index in [1.54, 1.807) is 0 Å². The molecule has 0 radical (unpaired) electrons. The first-order valence-electron chi connectivity index (χ1n) is 6.80. The maximum Gasteiger partial charge on any atom is 0.511 e. The summed E-state index contributed by atoms with van der Waals surface area (Å²) in [4.78, 5) is 0. The monoisotopic (exact) mass is 404 g/mol. The summed E-state index contributed by atoms with van der Waals surface area (Å²) in [5, 5.41) is 0. The molecule has 1 spiro atoms. The third-order valence-corrected chi connectivity index (χ3v) is 6.81. The van der Waals surface area contributed by atoms with Crippen LogP contribution in [0.3, 0.4) is 0 Å². The van der Waals surface area contributed by atoms with Gasteiger partial charge in [-0.05, 0) is 19.3 Å². The summed E-state index contributed by atoms with van der Waals surface area (Å²) in [6, 6.07) is -2.54. The lowest BCUT2D eigenvalue weighted by Gasteiger charge is -2.33. The molecule has 6 nitrogen and oxygen atoms in total. The van der Waals surface area contributed by atoms with Crippen LogP contribution in [0.15, 0.2) is 0 Å². The van der Waals surface area contributed by atoms with Crippen molar-refractivity contribution in [3.8, 4) is 0 Å². The van der Waals surface area contributed by atoms with Crippen LogP contribution in [0.1, 0.15) is 32.1 Å². The van der Waals surface area contributed by atoms with Gasteiger partial charge >= 0.3 is 31.1 Å². The second kappa shape index (κ2) is 5.71. The van der Waals surface area contributed by atoms with E-state index in [0.717, 1.165) is 0 Å². The largest absolute Gasteiger partial charge is 0.511 e. The summed E-state index contributed by atoms with van der Waals surface area (Å²) in [5.74, 6) is 0. The fourth-order valence-electron chi connectivity index (χ4n) is 3.09. The first-order valence-corrected chi connectivity index (χ1v) is 9.76. The van der Waals surface area contributed by atoms with Crippen molar-refractivity contribution in [1.82, 2.24) is 9.44 Å². The molecule has 2 saturated carbocycles. The Bertz CT molecular complexity index is 702. The topological polar surface area (TPSA) is 92.3 Å². The van der Waals surface area contributed by atoms with Gasteiger partial charge < -0.3 is 0 Å². The smallest absolute Gasteiger partial charge is 0.204 e. The molecule has 14 heteroatoms. The Morgan fingerprint density at radius 3 is 1.71 bits per heavy atom. The zero-order chi connectivity index (χ0) is 18.6. The van der Waals surface area contributed by atoms with Crippen LogP contribution in [0.25, 0.3) is 0 Å². The number of hydrogen-bond acceptors (Lipinski definition) is 4. The van der Waals surface area contributed by atoms with Crippen molar-refractivity contribution >= 4 is 20.0 Å². The van der Waals surface area contributed by atoms with E-state index in [1.165, 1.54) is 9.44 Å². The molecule has 142 valence electrons. The van der Waals surface area contributed by atoms with E-state index < -0.39 is 48.6 Å². The zero-order valence-corrected chi connectivity index (χ0v) is 13.5. The highest BCUT2D eigenvalue weighted by molar-refractivity contribution is 7.90. The van der Waals surface area contributed by atoms with Gasteiger partial charge in [0.1, 0.15) is 0 Å². The molecule has 0 aliphatic heterocycles. The SMILES string of the molecule is O=S(=O)(NC1CCCCC12CC2NS(=O)(=O)C(F)(F)F)C(F)(F)F. The van der Waals surface area contributed by atoms with E-state index in [1.807, 2.05) is 0 Å². The molecular formula is C10H14F6N2O4S2. The molecule has 2 aliphatic rings. The Balaban J connectivity index is 2.18. The van der Waals surface area contributed by atoms with Crippen molar-refractivity contribution in [3.63, 3.8) is 0 Å². The second-order valence-electron chi connectivity index (χ2n) is 5.92. The van der Waals surface area contributed by atoms with Crippen LogP contribution in [0, 0.1) is 5.41 Å². The van der Waals surface area contributed by atoms with Crippen molar-refractivity contribution in [2.24, 2.45) is 5.41 Å². The first-order chi connectivity index (χ1) is 10.6. The third kappa shape index (κ3) is 3.51. The molecule has 0 bridgehead atoms. The van der Waals surface area contributed by atoms with E-state index in [9.17, 15) is 43.2 Å². The van der Waals surface area contributed by atoms with E-state index in [4.69, 9.17) is 0 Å². The predicted molar refractivity (Wildman–Crippen MR) is 69.3 cm³/mol. The molecule has 2 rings (SSSR count). The molecular weight excluding hydrogens is 390 g/mol. The summed E-state index contributed by atoms with van der Waals surface area (Å²) in [6.07, 6.45) is 0.788. The lowest BCUT2D eigenvalue weighted by Crippen LogP contribution is -2.51. The summed E-state index contributed by atoms with van der Waals surface area (Å²) in [6.45, 7) is 0. The van der Waals surface area contributed by atoms with Gasteiger partial charge in [-0.15, -0.1) is 0 Å². The van der Waals surface area contributed by atoms with Crippen LogP contribution < -0.4 is 9.44 Å². The van der Waals surface area contributed by atoms with Gasteiger partial charge in [0.15, 0.2) is 0 Å². The van der Waals surface area contributed by atoms with Gasteiger partial charge in [0, 0.05) is 17.5 Å². The van der Waals surface area contributed by atoms with E-state index >= 15 is 0 Å². The number of sulfonamides is 2. The highest BCUT2D eigenvalue weighted by Gasteiger charge is 2.64. The molecule has 0 heterocycles. The third-order valence-electron chi connectivity index (χ3n) is 4.40. The summed E-state index contributed by atoms with van der Waals surface area (Å²) < 4.78 is 122. The molecule has 2 aliphatic carbocycles. The van der Waals surface area contributed by atoms with Gasteiger partial charge in [-0.25, -0.2) is 26.3 Å². The molecule has 0 aromatic rings. The maximum absolute atomic E-state index is 12.5. The minimum absolute atomic E-state index is 0.0143. The molecule has 0 amide bonds. The van der Waals surface area contributed by atoms with Crippen LogP contribution in [0.5, 0.6) is 0 Å². The van der Waals surface area contributed by atoms with Crippen molar-refractivity contribution in [3.05, 3.63) is 0 Å².